The van der Waals surface area contributed by atoms with E-state index < -0.39 is 11.4 Å². The monoisotopic (exact) mass is 310 g/mol. The van der Waals surface area contributed by atoms with E-state index in [4.69, 9.17) is 9.47 Å². The number of rotatable bonds is 3. The lowest BCUT2D eigenvalue weighted by Crippen LogP contribution is -2.19. The van der Waals surface area contributed by atoms with E-state index >= 15 is 0 Å². The minimum absolute atomic E-state index is 0.0453. The van der Waals surface area contributed by atoms with Gasteiger partial charge in [-0.1, -0.05) is 32.0 Å². The third-order valence-corrected chi connectivity index (χ3v) is 4.07. The van der Waals surface area contributed by atoms with Crippen molar-refractivity contribution in [1.82, 2.24) is 0 Å². The molecule has 0 N–H and O–H groups in total. The van der Waals surface area contributed by atoms with Gasteiger partial charge in [0.1, 0.15) is 17.1 Å². The van der Waals surface area contributed by atoms with Gasteiger partial charge in [0.15, 0.2) is 5.78 Å². The first-order chi connectivity index (χ1) is 10.9. The van der Waals surface area contributed by atoms with Gasteiger partial charge in [-0.3, -0.25) is 4.79 Å². The van der Waals surface area contributed by atoms with E-state index in [0.717, 1.165) is 5.56 Å². The summed E-state index contributed by atoms with van der Waals surface area (Å²) in [5.74, 6) is 0.564. The molecule has 1 aliphatic carbocycles. The van der Waals surface area contributed by atoms with E-state index in [-0.39, 0.29) is 11.3 Å². The molecule has 1 aliphatic rings. The Morgan fingerprint density at radius 1 is 1.13 bits per heavy atom. The third kappa shape index (κ3) is 2.72. The molecule has 0 spiro atoms. The summed E-state index contributed by atoms with van der Waals surface area (Å²) in [6.45, 7) is 3.82. The number of ether oxygens (including phenoxy) is 2. The third-order valence-electron chi connectivity index (χ3n) is 4.07. The molecule has 0 atom stereocenters. The number of fused-ring (bicyclic) bond motifs is 1. The number of carbonyl (C=O) groups is 2. The fourth-order valence-corrected chi connectivity index (χ4v) is 2.87. The molecule has 2 aromatic carbocycles. The Balaban J connectivity index is 2.09. The number of ketones is 1. The van der Waals surface area contributed by atoms with E-state index in [2.05, 4.69) is 0 Å². The van der Waals surface area contributed by atoms with Crippen LogP contribution in [0.1, 0.15) is 40.1 Å². The molecule has 0 amide bonds. The summed E-state index contributed by atoms with van der Waals surface area (Å²) in [5.41, 5.74) is 1.29. The highest BCUT2D eigenvalue weighted by atomic mass is 16.5. The van der Waals surface area contributed by atoms with Crippen LogP contribution in [0, 0.1) is 5.41 Å². The van der Waals surface area contributed by atoms with Crippen LogP contribution in [0.5, 0.6) is 11.5 Å². The van der Waals surface area contributed by atoms with E-state index in [1.54, 1.807) is 12.1 Å². The number of carbonyl (C=O) groups excluding carboxylic acids is 2. The van der Waals surface area contributed by atoms with Crippen molar-refractivity contribution in [2.45, 2.75) is 20.3 Å². The molecule has 118 valence electrons. The number of hydrogen-bond donors (Lipinski definition) is 0. The number of Topliss-reactive ketones (excluding diaryl/α,β-unsaturated/α-hetero) is 1. The van der Waals surface area contributed by atoms with Gasteiger partial charge in [-0.15, -0.1) is 0 Å². The molecule has 0 radical (unpaired) electrons. The Kier molecular flexibility index (Phi) is 3.68. The highest BCUT2D eigenvalue weighted by molar-refractivity contribution is 6.07. The zero-order valence-electron chi connectivity index (χ0n) is 13.4. The van der Waals surface area contributed by atoms with Crippen LogP contribution in [-0.2, 0) is 11.2 Å². The quantitative estimate of drug-likeness (QED) is 0.803. The summed E-state index contributed by atoms with van der Waals surface area (Å²) >= 11 is 0. The zero-order valence-corrected chi connectivity index (χ0v) is 13.4. The minimum Gasteiger partial charge on any atom is -0.465 e. The highest BCUT2D eigenvalue weighted by Crippen LogP contribution is 2.40. The maximum absolute atomic E-state index is 12.5. The van der Waals surface area contributed by atoms with E-state index in [1.165, 1.54) is 7.11 Å². The van der Waals surface area contributed by atoms with Crippen molar-refractivity contribution in [3.63, 3.8) is 0 Å². The van der Waals surface area contributed by atoms with Crippen molar-refractivity contribution in [2.24, 2.45) is 5.41 Å². The molecular weight excluding hydrogens is 292 g/mol. The van der Waals surface area contributed by atoms with Crippen LogP contribution >= 0.6 is 0 Å². The van der Waals surface area contributed by atoms with Crippen LogP contribution in [0.4, 0.5) is 0 Å². The topological polar surface area (TPSA) is 52.6 Å². The second-order valence-electron chi connectivity index (χ2n) is 6.30. The normalized spacial score (nSPS) is 15.2. The average molecular weight is 310 g/mol. The standard InChI is InChI=1S/C19H18O4/c1-19(2)11-12-9-16(23-13-7-5-4-6-8-13)15(18(21)22-3)10-14(12)17(19)20/h4-10H,11H2,1-3H3. The molecule has 4 heteroatoms. The Morgan fingerprint density at radius 2 is 1.83 bits per heavy atom. The van der Waals surface area contributed by atoms with Crippen molar-refractivity contribution in [3.05, 3.63) is 59.2 Å². The SMILES string of the molecule is COC(=O)c1cc2c(cc1Oc1ccccc1)CC(C)(C)C2=O. The Labute approximate surface area is 135 Å². The lowest BCUT2D eigenvalue weighted by atomic mass is 9.89. The molecule has 2 aromatic rings. The molecule has 0 heterocycles. The van der Waals surface area contributed by atoms with Crippen LogP contribution in [0.2, 0.25) is 0 Å². The molecule has 0 saturated heterocycles. The highest BCUT2D eigenvalue weighted by Gasteiger charge is 2.38. The smallest absolute Gasteiger partial charge is 0.341 e. The van der Waals surface area contributed by atoms with Gasteiger partial charge < -0.3 is 9.47 Å². The Morgan fingerprint density at radius 3 is 2.48 bits per heavy atom. The first-order valence-corrected chi connectivity index (χ1v) is 7.45. The number of hydrogen-bond acceptors (Lipinski definition) is 4. The van der Waals surface area contributed by atoms with Crippen molar-refractivity contribution >= 4 is 11.8 Å². The second-order valence-corrected chi connectivity index (χ2v) is 6.30. The van der Waals surface area contributed by atoms with Gasteiger partial charge in [0, 0.05) is 11.0 Å². The summed E-state index contributed by atoms with van der Waals surface area (Å²) in [6.07, 6.45) is 0.633. The average Bonchev–Trinajstić information content (AvgIpc) is 2.76. The number of methoxy groups -OCH3 is 1. The molecule has 0 aliphatic heterocycles. The number of benzene rings is 2. The summed E-state index contributed by atoms with van der Waals surface area (Å²) < 4.78 is 10.7. The van der Waals surface area contributed by atoms with E-state index in [0.29, 0.717) is 23.5 Å². The van der Waals surface area contributed by atoms with Gasteiger partial charge in [-0.25, -0.2) is 4.79 Å². The lowest BCUT2D eigenvalue weighted by molar-refractivity contribution is 0.0598. The largest absolute Gasteiger partial charge is 0.465 e. The molecule has 0 bridgehead atoms. The summed E-state index contributed by atoms with van der Waals surface area (Å²) in [4.78, 5) is 24.5. The van der Waals surface area contributed by atoms with Crippen LogP contribution < -0.4 is 4.74 Å². The van der Waals surface area contributed by atoms with Crippen LogP contribution in [0.3, 0.4) is 0 Å². The first-order valence-electron chi connectivity index (χ1n) is 7.45. The molecular formula is C19H18O4. The van der Waals surface area contributed by atoms with Crippen LogP contribution in [-0.4, -0.2) is 18.9 Å². The van der Waals surface area contributed by atoms with Gasteiger partial charge in [0.05, 0.1) is 7.11 Å². The van der Waals surface area contributed by atoms with Crippen molar-refractivity contribution < 1.29 is 19.1 Å². The molecule has 4 nitrogen and oxygen atoms in total. The maximum Gasteiger partial charge on any atom is 0.341 e. The molecule has 0 saturated carbocycles. The van der Waals surface area contributed by atoms with Gasteiger partial charge in [-0.2, -0.15) is 0 Å². The van der Waals surface area contributed by atoms with Crippen molar-refractivity contribution in [3.8, 4) is 11.5 Å². The van der Waals surface area contributed by atoms with Crippen molar-refractivity contribution in [1.29, 1.82) is 0 Å². The fourth-order valence-electron chi connectivity index (χ4n) is 2.87. The van der Waals surface area contributed by atoms with Crippen LogP contribution in [0.25, 0.3) is 0 Å². The number of esters is 1. The molecule has 3 rings (SSSR count). The summed E-state index contributed by atoms with van der Waals surface area (Å²) in [6, 6.07) is 12.6. The minimum atomic E-state index is -0.517. The molecule has 0 fully saturated rings. The predicted octanol–water partition coefficient (Wildman–Crippen LogP) is 4.03. The van der Waals surface area contributed by atoms with E-state index in [1.807, 2.05) is 44.2 Å². The predicted molar refractivity (Wildman–Crippen MR) is 86.1 cm³/mol. The van der Waals surface area contributed by atoms with Gasteiger partial charge >= 0.3 is 5.97 Å². The van der Waals surface area contributed by atoms with E-state index in [9.17, 15) is 9.59 Å². The fraction of sp³-hybridized carbons (Fsp3) is 0.263. The Bertz CT molecular complexity index is 775. The molecule has 0 aromatic heterocycles. The first kappa shape index (κ1) is 15.3. The molecule has 23 heavy (non-hydrogen) atoms. The second kappa shape index (κ2) is 5.54. The summed E-state index contributed by atoms with van der Waals surface area (Å²) in [7, 11) is 1.31. The molecule has 0 unspecified atom stereocenters. The summed E-state index contributed by atoms with van der Waals surface area (Å²) in [5, 5.41) is 0. The zero-order chi connectivity index (χ0) is 16.6. The van der Waals surface area contributed by atoms with Crippen molar-refractivity contribution in [2.75, 3.05) is 7.11 Å². The Hall–Kier alpha value is -2.62. The van der Waals surface area contributed by atoms with Gasteiger partial charge in [0.2, 0.25) is 0 Å². The number of para-hydroxylation sites is 1. The van der Waals surface area contributed by atoms with Gasteiger partial charge in [0.25, 0.3) is 0 Å². The van der Waals surface area contributed by atoms with Gasteiger partial charge in [-0.05, 0) is 36.2 Å². The lowest BCUT2D eigenvalue weighted by Gasteiger charge is -2.12. The maximum atomic E-state index is 12.5. The van der Waals surface area contributed by atoms with Crippen LogP contribution in [0.15, 0.2) is 42.5 Å².